The van der Waals surface area contributed by atoms with Gasteiger partial charge >= 0.3 is 0 Å². The van der Waals surface area contributed by atoms with E-state index in [0.29, 0.717) is 18.4 Å². The SMILES string of the molecule is Cc1cc(OCC2CCCNC2)nc(Cl)n1. The quantitative estimate of drug-likeness (QED) is 0.820. The summed E-state index contributed by atoms with van der Waals surface area (Å²) in [4.78, 5) is 8.02. The van der Waals surface area contributed by atoms with Gasteiger partial charge in [-0.15, -0.1) is 0 Å². The van der Waals surface area contributed by atoms with E-state index in [9.17, 15) is 0 Å². The van der Waals surface area contributed by atoms with E-state index < -0.39 is 0 Å². The normalized spacial score (nSPS) is 20.8. The smallest absolute Gasteiger partial charge is 0.225 e. The molecule has 1 aromatic heterocycles. The van der Waals surface area contributed by atoms with Crippen LogP contribution < -0.4 is 10.1 Å². The largest absolute Gasteiger partial charge is 0.477 e. The maximum absolute atomic E-state index is 5.76. The topological polar surface area (TPSA) is 47.0 Å². The molecule has 1 saturated heterocycles. The van der Waals surface area contributed by atoms with Crippen molar-refractivity contribution in [1.29, 1.82) is 0 Å². The second kappa shape index (κ2) is 5.46. The Bertz CT molecular complexity index is 333. The van der Waals surface area contributed by atoms with Crippen molar-refractivity contribution >= 4 is 11.6 Å². The molecule has 4 nitrogen and oxygen atoms in total. The van der Waals surface area contributed by atoms with Crippen molar-refractivity contribution in [2.45, 2.75) is 19.8 Å². The summed E-state index contributed by atoms with van der Waals surface area (Å²) in [5.74, 6) is 1.14. The third-order valence-electron chi connectivity index (χ3n) is 2.67. The van der Waals surface area contributed by atoms with Crippen LogP contribution in [0.15, 0.2) is 6.07 Å². The summed E-state index contributed by atoms with van der Waals surface area (Å²) >= 11 is 5.76. The third-order valence-corrected chi connectivity index (χ3v) is 2.84. The molecule has 1 unspecified atom stereocenters. The molecule has 0 aliphatic carbocycles. The van der Waals surface area contributed by atoms with Crippen molar-refractivity contribution < 1.29 is 4.74 Å². The van der Waals surface area contributed by atoms with Gasteiger partial charge in [0.25, 0.3) is 0 Å². The van der Waals surface area contributed by atoms with Gasteiger partial charge in [0.2, 0.25) is 11.2 Å². The van der Waals surface area contributed by atoms with Gasteiger partial charge in [-0.05, 0) is 37.9 Å². The molecule has 1 atom stereocenters. The molecule has 1 N–H and O–H groups in total. The first-order valence-electron chi connectivity index (χ1n) is 5.59. The van der Waals surface area contributed by atoms with Gasteiger partial charge in [0.1, 0.15) is 0 Å². The zero-order chi connectivity index (χ0) is 11.4. The highest BCUT2D eigenvalue weighted by Crippen LogP contribution is 2.15. The molecule has 1 fully saturated rings. The number of piperidine rings is 1. The molecule has 0 bridgehead atoms. The number of nitrogens with zero attached hydrogens (tertiary/aromatic N) is 2. The Morgan fingerprint density at radius 2 is 2.44 bits per heavy atom. The average molecular weight is 242 g/mol. The minimum atomic E-state index is 0.247. The monoisotopic (exact) mass is 241 g/mol. The molecule has 0 spiro atoms. The predicted octanol–water partition coefficient (Wildman–Crippen LogP) is 1.82. The van der Waals surface area contributed by atoms with Crippen LogP contribution in [0.25, 0.3) is 0 Å². The van der Waals surface area contributed by atoms with Gasteiger partial charge in [-0.25, -0.2) is 4.98 Å². The Morgan fingerprint density at radius 3 is 3.12 bits per heavy atom. The number of rotatable bonds is 3. The molecule has 0 saturated carbocycles. The number of aryl methyl sites for hydroxylation is 1. The van der Waals surface area contributed by atoms with Crippen molar-refractivity contribution in [3.05, 3.63) is 17.0 Å². The van der Waals surface area contributed by atoms with Gasteiger partial charge in [-0.3, -0.25) is 0 Å². The maximum atomic E-state index is 5.76. The van der Waals surface area contributed by atoms with Crippen LogP contribution in [0.5, 0.6) is 5.88 Å². The Kier molecular flexibility index (Phi) is 3.96. The second-order valence-electron chi connectivity index (χ2n) is 4.14. The number of halogens is 1. The van der Waals surface area contributed by atoms with E-state index >= 15 is 0 Å². The number of ether oxygens (including phenoxy) is 1. The van der Waals surface area contributed by atoms with E-state index in [-0.39, 0.29) is 5.28 Å². The van der Waals surface area contributed by atoms with Crippen molar-refractivity contribution in [2.24, 2.45) is 5.92 Å². The Hall–Kier alpha value is -0.870. The van der Waals surface area contributed by atoms with E-state index in [1.54, 1.807) is 0 Å². The van der Waals surface area contributed by atoms with Crippen molar-refractivity contribution in [2.75, 3.05) is 19.7 Å². The first kappa shape index (κ1) is 11.6. The lowest BCUT2D eigenvalue weighted by Crippen LogP contribution is -2.33. The first-order chi connectivity index (χ1) is 7.74. The van der Waals surface area contributed by atoms with Crippen LogP contribution in [0.1, 0.15) is 18.5 Å². The minimum absolute atomic E-state index is 0.247. The molecule has 16 heavy (non-hydrogen) atoms. The van der Waals surface area contributed by atoms with Crippen molar-refractivity contribution in [3.8, 4) is 5.88 Å². The van der Waals surface area contributed by atoms with Gasteiger partial charge in [0.05, 0.1) is 6.61 Å². The van der Waals surface area contributed by atoms with Crippen molar-refractivity contribution in [3.63, 3.8) is 0 Å². The highest BCUT2D eigenvalue weighted by Gasteiger charge is 2.14. The van der Waals surface area contributed by atoms with Gasteiger partial charge in [-0.1, -0.05) is 0 Å². The fourth-order valence-corrected chi connectivity index (χ4v) is 2.06. The summed E-state index contributed by atoms with van der Waals surface area (Å²) in [6.45, 7) is 4.72. The molecule has 1 aromatic rings. The molecule has 0 aromatic carbocycles. The van der Waals surface area contributed by atoms with Gasteiger partial charge in [0, 0.05) is 24.2 Å². The van der Waals surface area contributed by atoms with E-state index in [2.05, 4.69) is 15.3 Å². The molecule has 1 aliphatic heterocycles. The summed E-state index contributed by atoms with van der Waals surface area (Å²) in [5, 5.41) is 3.60. The lowest BCUT2D eigenvalue weighted by Gasteiger charge is -2.22. The fraction of sp³-hybridized carbons (Fsp3) is 0.636. The van der Waals surface area contributed by atoms with Crippen LogP contribution in [0, 0.1) is 12.8 Å². The summed E-state index contributed by atoms with van der Waals surface area (Å²) in [5.41, 5.74) is 0.830. The van der Waals surface area contributed by atoms with Gasteiger partial charge < -0.3 is 10.1 Å². The zero-order valence-electron chi connectivity index (χ0n) is 9.37. The molecule has 0 radical (unpaired) electrons. The predicted molar refractivity (Wildman–Crippen MR) is 62.9 cm³/mol. The minimum Gasteiger partial charge on any atom is -0.477 e. The third kappa shape index (κ3) is 3.32. The van der Waals surface area contributed by atoms with Crippen LogP contribution in [-0.4, -0.2) is 29.7 Å². The molecule has 0 amide bonds. The number of nitrogens with one attached hydrogen (secondary N) is 1. The zero-order valence-corrected chi connectivity index (χ0v) is 10.1. The van der Waals surface area contributed by atoms with E-state index in [0.717, 1.165) is 18.8 Å². The Labute approximate surface area is 100 Å². The second-order valence-corrected chi connectivity index (χ2v) is 4.48. The Balaban J connectivity index is 1.88. The van der Waals surface area contributed by atoms with Gasteiger partial charge in [0.15, 0.2) is 0 Å². The molecule has 5 heteroatoms. The maximum Gasteiger partial charge on any atom is 0.225 e. The first-order valence-corrected chi connectivity index (χ1v) is 5.96. The highest BCUT2D eigenvalue weighted by atomic mass is 35.5. The van der Waals surface area contributed by atoms with E-state index in [1.165, 1.54) is 12.8 Å². The summed E-state index contributed by atoms with van der Waals surface area (Å²) in [6.07, 6.45) is 2.43. The van der Waals surface area contributed by atoms with E-state index in [1.807, 2.05) is 13.0 Å². The highest BCUT2D eigenvalue weighted by molar-refractivity contribution is 6.28. The molecular formula is C11H16ClN3O. The number of hydrogen-bond acceptors (Lipinski definition) is 4. The Morgan fingerprint density at radius 1 is 1.56 bits per heavy atom. The van der Waals surface area contributed by atoms with E-state index in [4.69, 9.17) is 16.3 Å². The summed E-state index contributed by atoms with van der Waals surface area (Å²) in [6, 6.07) is 1.81. The lowest BCUT2D eigenvalue weighted by molar-refractivity contribution is 0.212. The van der Waals surface area contributed by atoms with Crippen LogP contribution in [0.3, 0.4) is 0 Å². The molecular weight excluding hydrogens is 226 g/mol. The summed E-state index contributed by atoms with van der Waals surface area (Å²) < 4.78 is 5.63. The van der Waals surface area contributed by atoms with Crippen molar-refractivity contribution in [1.82, 2.24) is 15.3 Å². The van der Waals surface area contributed by atoms with Crippen LogP contribution in [-0.2, 0) is 0 Å². The molecule has 88 valence electrons. The number of aromatic nitrogens is 2. The standard InChI is InChI=1S/C11H16ClN3O/c1-8-5-10(15-11(12)14-8)16-7-9-3-2-4-13-6-9/h5,9,13H,2-4,6-7H2,1H3. The van der Waals surface area contributed by atoms with Crippen LogP contribution in [0.4, 0.5) is 0 Å². The van der Waals surface area contributed by atoms with Gasteiger partial charge in [-0.2, -0.15) is 4.98 Å². The summed E-state index contributed by atoms with van der Waals surface area (Å²) in [7, 11) is 0. The van der Waals surface area contributed by atoms with Crippen LogP contribution >= 0.6 is 11.6 Å². The molecule has 2 rings (SSSR count). The lowest BCUT2D eigenvalue weighted by atomic mass is 10.0. The molecule has 1 aliphatic rings. The van der Waals surface area contributed by atoms with Crippen LogP contribution in [0.2, 0.25) is 5.28 Å². The molecule has 2 heterocycles. The number of hydrogen-bond donors (Lipinski definition) is 1. The fourth-order valence-electron chi connectivity index (χ4n) is 1.85. The average Bonchev–Trinajstić information content (AvgIpc) is 2.27.